The van der Waals surface area contributed by atoms with E-state index in [0.29, 0.717) is 0 Å². The van der Waals surface area contributed by atoms with Gasteiger partial charge >= 0.3 is 0 Å². The van der Waals surface area contributed by atoms with E-state index in [2.05, 4.69) is 0 Å². The van der Waals surface area contributed by atoms with Crippen molar-refractivity contribution in [3.8, 4) is 0 Å². The van der Waals surface area contributed by atoms with Crippen molar-refractivity contribution in [1.29, 1.82) is 0 Å². The highest BCUT2D eigenvalue weighted by atomic mass is 32.2. The zero-order chi connectivity index (χ0) is 15.3. The zero-order valence-corrected chi connectivity index (χ0v) is 12.7. The van der Waals surface area contributed by atoms with Crippen molar-refractivity contribution in [2.45, 2.75) is 25.3 Å². The van der Waals surface area contributed by atoms with E-state index in [0.717, 1.165) is 6.07 Å². The predicted octanol–water partition coefficient (Wildman–Crippen LogP) is 1.28. The summed E-state index contributed by atoms with van der Waals surface area (Å²) >= 11 is 0. The van der Waals surface area contributed by atoms with Gasteiger partial charge in [-0.25, -0.2) is 12.8 Å². The van der Waals surface area contributed by atoms with Crippen molar-refractivity contribution in [2.24, 2.45) is 0 Å². The summed E-state index contributed by atoms with van der Waals surface area (Å²) in [4.78, 5) is -0.112. The van der Waals surface area contributed by atoms with Crippen molar-refractivity contribution in [2.75, 3.05) is 26.8 Å². The maximum Gasteiger partial charge on any atom is 0.243 e. The minimum Gasteiger partial charge on any atom is -0.392 e. The maximum atomic E-state index is 13.8. The molecule has 0 atom stereocenters. The Hall–Kier alpha value is -1.02. The Balaban J connectivity index is 3.29. The minimum atomic E-state index is -3.81. The Labute approximate surface area is 119 Å². The SMILES string of the molecule is CCN(CCOC)S(=O)(=O)c1cc(CO)cc(F)c1C. The molecule has 0 unspecified atom stereocenters. The highest BCUT2D eigenvalue weighted by Gasteiger charge is 2.26. The quantitative estimate of drug-likeness (QED) is 0.824. The molecule has 0 saturated heterocycles. The molecule has 1 aromatic carbocycles. The van der Waals surface area contributed by atoms with Crippen LogP contribution in [0.5, 0.6) is 0 Å². The summed E-state index contributed by atoms with van der Waals surface area (Å²) in [5.41, 5.74) is 0.285. The third-order valence-electron chi connectivity index (χ3n) is 3.05. The largest absolute Gasteiger partial charge is 0.392 e. The van der Waals surface area contributed by atoms with Gasteiger partial charge in [0.05, 0.1) is 18.1 Å². The van der Waals surface area contributed by atoms with E-state index in [1.165, 1.54) is 24.4 Å². The molecule has 0 amide bonds. The van der Waals surface area contributed by atoms with Gasteiger partial charge in [-0.1, -0.05) is 6.92 Å². The van der Waals surface area contributed by atoms with Crippen LogP contribution in [-0.2, 0) is 21.4 Å². The van der Waals surface area contributed by atoms with Crippen molar-refractivity contribution >= 4 is 10.0 Å². The summed E-state index contributed by atoms with van der Waals surface area (Å²) in [5.74, 6) is -0.641. The number of methoxy groups -OCH3 is 1. The molecule has 0 fully saturated rings. The summed E-state index contributed by atoms with van der Waals surface area (Å²) in [7, 11) is -2.32. The first-order valence-corrected chi connectivity index (χ1v) is 7.71. The van der Waals surface area contributed by atoms with Gasteiger partial charge in [-0.2, -0.15) is 4.31 Å². The molecular weight excluding hydrogens is 285 g/mol. The number of halogens is 1. The molecule has 1 rings (SSSR count). The first-order chi connectivity index (χ1) is 9.38. The van der Waals surface area contributed by atoms with E-state index in [9.17, 15) is 12.8 Å². The van der Waals surface area contributed by atoms with E-state index < -0.39 is 22.4 Å². The number of likely N-dealkylation sites (N-methyl/N-ethyl adjacent to an activating group) is 1. The molecule has 0 radical (unpaired) electrons. The maximum absolute atomic E-state index is 13.8. The molecule has 5 nitrogen and oxygen atoms in total. The van der Waals surface area contributed by atoms with Gasteiger partial charge in [-0.05, 0) is 24.6 Å². The number of nitrogens with zero attached hydrogens (tertiary/aromatic N) is 1. The summed E-state index contributed by atoms with van der Waals surface area (Å²) < 4.78 is 44.9. The monoisotopic (exact) mass is 305 g/mol. The molecule has 1 N–H and O–H groups in total. The molecule has 0 spiro atoms. The summed E-state index contributed by atoms with van der Waals surface area (Å²) in [6, 6.07) is 2.45. The average Bonchev–Trinajstić information content (AvgIpc) is 2.42. The molecule has 0 saturated carbocycles. The molecule has 0 aromatic heterocycles. The molecule has 7 heteroatoms. The lowest BCUT2D eigenvalue weighted by Gasteiger charge is -2.21. The van der Waals surface area contributed by atoms with E-state index in [4.69, 9.17) is 9.84 Å². The fourth-order valence-electron chi connectivity index (χ4n) is 1.85. The van der Waals surface area contributed by atoms with Gasteiger partial charge in [0.2, 0.25) is 10.0 Å². The van der Waals surface area contributed by atoms with Crippen molar-refractivity contribution in [3.63, 3.8) is 0 Å². The minimum absolute atomic E-state index is 0.0538. The van der Waals surface area contributed by atoms with Gasteiger partial charge in [-0.3, -0.25) is 0 Å². The molecule has 0 bridgehead atoms. The third kappa shape index (κ3) is 3.54. The van der Waals surface area contributed by atoms with Gasteiger partial charge in [0, 0.05) is 25.8 Å². The molecular formula is C13H20FNO4S. The number of hydrogen-bond donors (Lipinski definition) is 1. The number of aliphatic hydroxyl groups is 1. The van der Waals surface area contributed by atoms with Crippen molar-refractivity contribution < 1.29 is 22.7 Å². The summed E-state index contributed by atoms with van der Waals surface area (Å²) in [6.45, 7) is 3.41. The number of rotatable bonds is 7. The Bertz CT molecular complexity index is 560. The first-order valence-electron chi connectivity index (χ1n) is 6.27. The molecule has 0 aliphatic heterocycles. The number of sulfonamides is 1. The van der Waals surface area contributed by atoms with Gasteiger partial charge in [0.15, 0.2) is 0 Å². The van der Waals surface area contributed by atoms with Crippen LogP contribution in [0, 0.1) is 12.7 Å². The van der Waals surface area contributed by atoms with Crippen molar-refractivity contribution in [3.05, 3.63) is 29.1 Å². The number of benzene rings is 1. The fraction of sp³-hybridized carbons (Fsp3) is 0.538. The molecule has 0 aliphatic carbocycles. The van der Waals surface area contributed by atoms with Crippen molar-refractivity contribution in [1.82, 2.24) is 4.31 Å². The van der Waals surface area contributed by atoms with Crippen LogP contribution in [0.15, 0.2) is 17.0 Å². The van der Waals surface area contributed by atoms with Gasteiger partial charge in [0.1, 0.15) is 5.82 Å². The van der Waals surface area contributed by atoms with Gasteiger partial charge < -0.3 is 9.84 Å². The Morgan fingerprint density at radius 2 is 2.05 bits per heavy atom. The Kier molecular flexibility index (Phi) is 6.07. The van der Waals surface area contributed by atoms with Crippen LogP contribution in [0.3, 0.4) is 0 Å². The summed E-state index contributed by atoms with van der Waals surface area (Å²) in [6.07, 6.45) is 0. The molecule has 0 aliphatic rings. The van der Waals surface area contributed by atoms with E-state index >= 15 is 0 Å². The standard InChI is InChI=1S/C13H20FNO4S/c1-4-15(5-6-19-3)20(17,18)13-8-11(9-16)7-12(14)10(13)2/h7-8,16H,4-6,9H2,1-3H3. The molecule has 1 aromatic rings. The second-order valence-corrected chi connectivity index (χ2v) is 6.25. The highest BCUT2D eigenvalue weighted by molar-refractivity contribution is 7.89. The lowest BCUT2D eigenvalue weighted by molar-refractivity contribution is 0.180. The van der Waals surface area contributed by atoms with E-state index in [1.807, 2.05) is 0 Å². The number of aliphatic hydroxyl groups excluding tert-OH is 1. The summed E-state index contributed by atoms with van der Waals surface area (Å²) in [5, 5.41) is 9.09. The van der Waals surface area contributed by atoms with Crippen LogP contribution in [-0.4, -0.2) is 44.6 Å². The topological polar surface area (TPSA) is 66.8 Å². The zero-order valence-electron chi connectivity index (χ0n) is 11.9. The fourth-order valence-corrected chi connectivity index (χ4v) is 3.56. The first kappa shape index (κ1) is 17.0. The second-order valence-electron chi connectivity index (χ2n) is 4.35. The molecule has 20 heavy (non-hydrogen) atoms. The molecule has 0 heterocycles. The van der Waals surface area contributed by atoms with Crippen LogP contribution in [0.25, 0.3) is 0 Å². The molecule has 114 valence electrons. The van der Waals surface area contributed by atoms with Crippen LogP contribution >= 0.6 is 0 Å². The third-order valence-corrected chi connectivity index (χ3v) is 5.15. The van der Waals surface area contributed by atoms with Crippen LogP contribution in [0.2, 0.25) is 0 Å². The van der Waals surface area contributed by atoms with Crippen LogP contribution < -0.4 is 0 Å². The van der Waals surface area contributed by atoms with Gasteiger partial charge in [-0.15, -0.1) is 0 Å². The van der Waals surface area contributed by atoms with Crippen LogP contribution in [0.4, 0.5) is 4.39 Å². The van der Waals surface area contributed by atoms with Crippen LogP contribution in [0.1, 0.15) is 18.1 Å². The van der Waals surface area contributed by atoms with Gasteiger partial charge in [0.25, 0.3) is 0 Å². The highest BCUT2D eigenvalue weighted by Crippen LogP contribution is 2.24. The van der Waals surface area contributed by atoms with E-state index in [-0.39, 0.29) is 35.7 Å². The average molecular weight is 305 g/mol. The van der Waals surface area contributed by atoms with E-state index in [1.54, 1.807) is 6.92 Å². The number of ether oxygens (including phenoxy) is 1. The number of hydrogen-bond acceptors (Lipinski definition) is 4. The lowest BCUT2D eigenvalue weighted by atomic mass is 10.1. The predicted molar refractivity (Wildman–Crippen MR) is 73.4 cm³/mol. The Morgan fingerprint density at radius 3 is 2.55 bits per heavy atom. The smallest absolute Gasteiger partial charge is 0.243 e. The second kappa shape index (κ2) is 7.12. The normalized spacial score (nSPS) is 12.1. The Morgan fingerprint density at radius 1 is 1.40 bits per heavy atom. The lowest BCUT2D eigenvalue weighted by Crippen LogP contribution is -2.34.